The number of hydrogen-bond acceptors (Lipinski definition) is 10. The van der Waals surface area contributed by atoms with Crippen LogP contribution >= 0.6 is 0 Å². The van der Waals surface area contributed by atoms with E-state index in [4.69, 9.17) is 9.72 Å². The monoisotopic (exact) mass is 801 g/mol. The smallest absolute Gasteiger partial charge is 0.293 e. The van der Waals surface area contributed by atoms with Gasteiger partial charge in [-0.05, 0) is 86.4 Å². The molecule has 9 rings (SSSR count). The first kappa shape index (κ1) is 38.9. The maximum Gasteiger partial charge on any atom is 0.293 e. The van der Waals surface area contributed by atoms with Crippen molar-refractivity contribution in [2.24, 2.45) is 12.5 Å². The number of carbonyl (C=O) groups excluding carboxylic acids is 3. The molecule has 5 aliphatic rings. The lowest BCUT2D eigenvalue weighted by Gasteiger charge is -2.54. The number of amides is 3. The molecular weight excluding hydrogens is 751 g/mol. The number of rotatable bonds is 10. The van der Waals surface area contributed by atoms with Crippen LogP contribution in [0.3, 0.4) is 0 Å². The third-order valence-electron chi connectivity index (χ3n) is 12.7. The molecule has 59 heavy (non-hydrogen) atoms. The van der Waals surface area contributed by atoms with Gasteiger partial charge in [-0.3, -0.25) is 29.0 Å². The van der Waals surface area contributed by atoms with E-state index in [0.29, 0.717) is 72.6 Å². The molecule has 4 aromatic rings. The van der Waals surface area contributed by atoms with Crippen molar-refractivity contribution < 1.29 is 24.2 Å². The number of hydrogen-bond donors (Lipinski definition) is 3. The second kappa shape index (κ2) is 14.3. The number of benzene rings is 1. The molecule has 15 heteroatoms. The molecule has 1 unspecified atom stereocenters. The average Bonchev–Trinajstić information content (AvgIpc) is 3.89. The fraction of sp³-hybridized carbons (Fsp3) is 0.455. The summed E-state index contributed by atoms with van der Waals surface area (Å²) < 4.78 is 9.07. The molecule has 0 spiro atoms. The van der Waals surface area contributed by atoms with Crippen LogP contribution < -0.4 is 21.1 Å². The van der Waals surface area contributed by atoms with Gasteiger partial charge in [0.25, 0.3) is 11.5 Å². The van der Waals surface area contributed by atoms with Gasteiger partial charge in [0.2, 0.25) is 11.8 Å². The summed E-state index contributed by atoms with van der Waals surface area (Å²) in [5.41, 5.74) is 5.16. The lowest BCUT2D eigenvalue weighted by atomic mass is 9.88. The van der Waals surface area contributed by atoms with E-state index in [1.165, 1.54) is 21.9 Å². The number of anilines is 4. The van der Waals surface area contributed by atoms with Gasteiger partial charge in [0, 0.05) is 73.3 Å². The standard InChI is InChI=1S/C44H51N9O6/c1-7-37(55)47-32-17-26(8-11-30(32)36-21-52(28-23-59-24-28)44(4,5)42(58)53(36)27-9-10-27)46-38-41(57)49(6)20-33(48-38)29-12-13-45-39(31(29)22-54)51-15-14-50-34(40(51)56)16-25-18-43(2,3)19-35(25)50/h7-8,11-13,16-17,20,27-28,36,54H,1,9-10,14-15,18-19,21-24H2,2-6H3,(H,46,48)(H,47,55). The predicted octanol–water partition coefficient (Wildman–Crippen LogP) is 4.31. The highest BCUT2D eigenvalue weighted by molar-refractivity contribution is 6.06. The van der Waals surface area contributed by atoms with E-state index in [1.54, 1.807) is 36.5 Å². The lowest BCUT2D eigenvalue weighted by molar-refractivity contribution is -0.171. The minimum atomic E-state index is -0.713. The van der Waals surface area contributed by atoms with Crippen LogP contribution in [-0.2, 0) is 47.4 Å². The highest BCUT2D eigenvalue weighted by Crippen LogP contribution is 2.45. The molecule has 3 aromatic heterocycles. The number of ether oxygens (including phenoxy) is 1. The second-order valence-corrected chi connectivity index (χ2v) is 17.8. The van der Waals surface area contributed by atoms with E-state index in [-0.39, 0.29) is 41.2 Å². The number of carbonyl (C=O) groups is 3. The Balaban J connectivity index is 1.04. The minimum Gasteiger partial charge on any atom is -0.392 e. The van der Waals surface area contributed by atoms with Gasteiger partial charge in [-0.25, -0.2) is 9.97 Å². The normalized spacial score (nSPS) is 21.2. The number of pyridine rings is 1. The predicted molar refractivity (Wildman–Crippen MR) is 222 cm³/mol. The summed E-state index contributed by atoms with van der Waals surface area (Å²) in [6, 6.07) is 9.06. The zero-order valence-corrected chi connectivity index (χ0v) is 34.2. The third-order valence-corrected chi connectivity index (χ3v) is 12.7. The summed E-state index contributed by atoms with van der Waals surface area (Å²) in [6.07, 6.45) is 8.05. The number of piperazine rings is 1. The van der Waals surface area contributed by atoms with E-state index in [0.717, 1.165) is 31.2 Å². The largest absolute Gasteiger partial charge is 0.392 e. The molecule has 3 N–H and O–H groups in total. The maximum absolute atomic E-state index is 14.2. The Bertz CT molecular complexity index is 2480. The topological polar surface area (TPSA) is 167 Å². The Morgan fingerprint density at radius 1 is 1.05 bits per heavy atom. The van der Waals surface area contributed by atoms with E-state index in [2.05, 4.69) is 45.5 Å². The number of aryl methyl sites for hydroxylation is 1. The Hall–Kier alpha value is -5.64. The Morgan fingerprint density at radius 3 is 2.53 bits per heavy atom. The van der Waals surface area contributed by atoms with Crippen LogP contribution in [-0.4, -0.2) is 95.7 Å². The highest BCUT2D eigenvalue weighted by Gasteiger charge is 2.54. The van der Waals surface area contributed by atoms with Crippen molar-refractivity contribution in [2.45, 2.75) is 90.2 Å². The summed E-state index contributed by atoms with van der Waals surface area (Å²) in [4.78, 5) is 69.9. The Morgan fingerprint density at radius 2 is 1.83 bits per heavy atom. The number of nitrogens with one attached hydrogen (secondary N) is 2. The van der Waals surface area contributed by atoms with E-state index >= 15 is 0 Å². The number of aromatic nitrogens is 4. The van der Waals surface area contributed by atoms with Crippen molar-refractivity contribution in [1.82, 2.24) is 28.9 Å². The van der Waals surface area contributed by atoms with Gasteiger partial charge < -0.3 is 34.5 Å². The summed E-state index contributed by atoms with van der Waals surface area (Å²) in [5.74, 6) is -0.186. The minimum absolute atomic E-state index is 0.00988. The van der Waals surface area contributed by atoms with Crippen molar-refractivity contribution in [1.29, 1.82) is 0 Å². The van der Waals surface area contributed by atoms with Crippen LogP contribution in [0.5, 0.6) is 0 Å². The van der Waals surface area contributed by atoms with E-state index in [9.17, 15) is 24.3 Å². The van der Waals surface area contributed by atoms with Crippen molar-refractivity contribution in [3.05, 3.63) is 93.8 Å². The first-order valence-corrected chi connectivity index (χ1v) is 20.4. The quantitative estimate of drug-likeness (QED) is 0.197. The number of nitrogens with zero attached hydrogens (tertiary/aromatic N) is 7. The lowest BCUT2D eigenvalue weighted by Crippen LogP contribution is -2.69. The van der Waals surface area contributed by atoms with Crippen LogP contribution in [0.2, 0.25) is 0 Å². The molecule has 1 atom stereocenters. The molecule has 15 nitrogen and oxygen atoms in total. The van der Waals surface area contributed by atoms with Crippen molar-refractivity contribution in [3.8, 4) is 11.3 Å². The van der Waals surface area contributed by atoms with Crippen LogP contribution in [0.1, 0.15) is 79.5 Å². The number of aliphatic hydroxyl groups is 1. The van der Waals surface area contributed by atoms with Gasteiger partial charge in [-0.1, -0.05) is 26.5 Å². The van der Waals surface area contributed by atoms with Gasteiger partial charge in [0.05, 0.1) is 43.1 Å². The molecule has 0 bridgehead atoms. The zero-order valence-electron chi connectivity index (χ0n) is 34.2. The number of aliphatic hydroxyl groups excluding tert-OH is 1. The Kier molecular flexibility index (Phi) is 9.40. The molecule has 2 aliphatic carbocycles. The molecule has 6 heterocycles. The van der Waals surface area contributed by atoms with Crippen LogP contribution in [0.25, 0.3) is 11.3 Å². The van der Waals surface area contributed by atoms with Crippen LogP contribution in [0.4, 0.5) is 23.0 Å². The summed E-state index contributed by atoms with van der Waals surface area (Å²) in [6.45, 7) is 14.4. The van der Waals surface area contributed by atoms with E-state index < -0.39 is 23.6 Å². The fourth-order valence-electron chi connectivity index (χ4n) is 9.51. The second-order valence-electron chi connectivity index (χ2n) is 17.8. The Labute approximate surface area is 342 Å². The molecule has 3 aliphatic heterocycles. The first-order chi connectivity index (χ1) is 28.2. The maximum atomic E-state index is 14.2. The van der Waals surface area contributed by atoms with Crippen LogP contribution in [0.15, 0.2) is 60.2 Å². The average molecular weight is 802 g/mol. The molecule has 308 valence electrons. The van der Waals surface area contributed by atoms with Gasteiger partial charge >= 0.3 is 0 Å². The van der Waals surface area contributed by atoms with Crippen molar-refractivity contribution in [2.75, 3.05) is 41.8 Å². The summed E-state index contributed by atoms with van der Waals surface area (Å²) in [5, 5.41) is 16.9. The highest BCUT2D eigenvalue weighted by atomic mass is 16.5. The number of fused-ring (bicyclic) bond motifs is 3. The fourth-order valence-corrected chi connectivity index (χ4v) is 9.51. The first-order valence-electron chi connectivity index (χ1n) is 20.4. The molecule has 1 aromatic carbocycles. The van der Waals surface area contributed by atoms with Gasteiger partial charge in [-0.2, -0.15) is 0 Å². The molecule has 3 fully saturated rings. The zero-order chi connectivity index (χ0) is 41.5. The van der Waals surface area contributed by atoms with Crippen LogP contribution in [0, 0.1) is 5.41 Å². The SMILES string of the molecule is C=CC(=O)Nc1cc(Nc2nc(-c3ccnc(N4CCn5c(cc6c5CC(C)(C)C6)C4=O)c3CO)cn(C)c2=O)ccc1C1CN(C2COC2)C(C)(C)C(=O)N1C1CC1. The molecule has 3 amide bonds. The van der Waals surface area contributed by atoms with Gasteiger partial charge in [0.15, 0.2) is 5.82 Å². The molecule has 1 saturated carbocycles. The van der Waals surface area contributed by atoms with Gasteiger partial charge in [0.1, 0.15) is 11.5 Å². The third kappa shape index (κ3) is 6.65. The van der Waals surface area contributed by atoms with Gasteiger partial charge in [-0.15, -0.1) is 0 Å². The van der Waals surface area contributed by atoms with Crippen molar-refractivity contribution in [3.63, 3.8) is 0 Å². The van der Waals surface area contributed by atoms with Crippen molar-refractivity contribution >= 4 is 40.7 Å². The summed E-state index contributed by atoms with van der Waals surface area (Å²) in [7, 11) is 1.62. The van der Waals surface area contributed by atoms with E-state index in [1.807, 2.05) is 36.9 Å². The molecule has 2 saturated heterocycles. The molecule has 0 radical (unpaired) electrons. The summed E-state index contributed by atoms with van der Waals surface area (Å²) >= 11 is 0. The molecular formula is C44H51N9O6.